The summed E-state index contributed by atoms with van der Waals surface area (Å²) < 4.78 is 8.04. The van der Waals surface area contributed by atoms with Gasteiger partial charge in [0.1, 0.15) is 17.9 Å². The van der Waals surface area contributed by atoms with Gasteiger partial charge in [0.25, 0.3) is 0 Å². The molecule has 0 radical (unpaired) electrons. The summed E-state index contributed by atoms with van der Waals surface area (Å²) in [5, 5.41) is 12.8. The van der Waals surface area contributed by atoms with Crippen LogP contribution in [0.5, 0.6) is 5.75 Å². The number of rotatable bonds is 8. The number of likely N-dealkylation sites (N-methyl/N-ethyl adjacent to an activating group) is 1. The molecule has 0 unspecified atom stereocenters. The number of aromatic nitrogens is 4. The van der Waals surface area contributed by atoms with Gasteiger partial charge in [0.15, 0.2) is 0 Å². The average molecular weight is 531 g/mol. The monoisotopic (exact) mass is 530 g/mol. The van der Waals surface area contributed by atoms with Gasteiger partial charge in [-0.2, -0.15) is 5.10 Å². The summed E-state index contributed by atoms with van der Waals surface area (Å²) in [7, 11) is 2.18. The number of ether oxygens (including phenoxy) is 1. The van der Waals surface area contributed by atoms with Crippen molar-refractivity contribution in [3.63, 3.8) is 0 Å². The fourth-order valence-corrected chi connectivity index (χ4v) is 4.60. The minimum absolute atomic E-state index is 0.0979. The van der Waals surface area contributed by atoms with E-state index < -0.39 is 0 Å². The molecule has 0 bridgehead atoms. The number of urea groups is 1. The lowest BCUT2D eigenvalue weighted by Crippen LogP contribution is -2.44. The number of hydrogen-bond acceptors (Lipinski definition) is 6. The molecule has 2 amide bonds. The average Bonchev–Trinajstić information content (AvgIpc) is 3.55. The summed E-state index contributed by atoms with van der Waals surface area (Å²) in [6, 6.07) is 15.2. The molecule has 10 nitrogen and oxygen atoms in total. The lowest BCUT2D eigenvalue weighted by atomic mass is 9.92. The molecule has 0 saturated carbocycles. The molecule has 2 aromatic carbocycles. The Morgan fingerprint density at radius 2 is 1.79 bits per heavy atom. The largest absolute Gasteiger partial charge is 0.493 e. The third-order valence-corrected chi connectivity index (χ3v) is 7.00. The zero-order chi connectivity index (χ0) is 27.4. The Kier molecular flexibility index (Phi) is 7.85. The van der Waals surface area contributed by atoms with Crippen molar-refractivity contribution in [2.24, 2.45) is 0 Å². The Labute approximate surface area is 229 Å². The molecule has 206 valence electrons. The fraction of sp³-hybridized carbons (Fsp3) is 0.414. The topological polar surface area (TPSA) is 103 Å². The van der Waals surface area contributed by atoms with E-state index in [4.69, 9.17) is 4.74 Å². The van der Waals surface area contributed by atoms with Gasteiger partial charge in [0.05, 0.1) is 23.3 Å². The quantitative estimate of drug-likeness (QED) is 0.285. The predicted octanol–water partition coefficient (Wildman–Crippen LogP) is 4.71. The molecule has 2 aromatic heterocycles. The van der Waals surface area contributed by atoms with E-state index in [9.17, 15) is 4.79 Å². The molecule has 3 N–H and O–H groups in total. The van der Waals surface area contributed by atoms with Crippen LogP contribution in [0.3, 0.4) is 0 Å². The van der Waals surface area contributed by atoms with E-state index in [1.807, 2.05) is 59.4 Å². The molecule has 1 aliphatic rings. The SMILES string of the molecule is CN1CCN(CCCOc2ccc3c(c2)ncn3-c2ccc(NC(=O)Nc3cc(C(C)(C)C)n[nH]3)cc2)CC1. The van der Waals surface area contributed by atoms with Crippen LogP contribution in [-0.2, 0) is 5.41 Å². The molecule has 3 heterocycles. The van der Waals surface area contributed by atoms with E-state index in [0.717, 1.165) is 67.3 Å². The minimum atomic E-state index is -0.337. The molecule has 10 heteroatoms. The van der Waals surface area contributed by atoms with E-state index in [-0.39, 0.29) is 11.4 Å². The number of carbonyl (C=O) groups is 1. The van der Waals surface area contributed by atoms with Crippen LogP contribution in [0.25, 0.3) is 16.7 Å². The summed E-state index contributed by atoms with van der Waals surface area (Å²) in [4.78, 5) is 21.9. The molecule has 5 rings (SSSR count). The maximum atomic E-state index is 12.4. The molecular weight excluding hydrogens is 492 g/mol. The second-order valence-corrected chi connectivity index (χ2v) is 11.2. The standard InChI is InChI=1S/C29H38N8O2/c1-29(2,3)26-19-27(34-33-26)32-28(38)31-21-6-8-22(9-7-21)37-20-30-24-18-23(10-11-25(24)37)39-17-5-12-36-15-13-35(4)14-16-36/h6-11,18-20H,5,12-17H2,1-4H3,(H3,31,32,33,34,38). The second-order valence-electron chi connectivity index (χ2n) is 11.2. The highest BCUT2D eigenvalue weighted by molar-refractivity contribution is 5.99. The summed E-state index contributed by atoms with van der Waals surface area (Å²) >= 11 is 0. The van der Waals surface area contributed by atoms with Gasteiger partial charge in [0, 0.05) is 61.6 Å². The second kappa shape index (κ2) is 11.5. The summed E-state index contributed by atoms with van der Waals surface area (Å²) in [5.41, 5.74) is 4.29. The number of anilines is 2. The first-order valence-corrected chi connectivity index (χ1v) is 13.5. The number of fused-ring (bicyclic) bond motifs is 1. The highest BCUT2D eigenvalue weighted by Gasteiger charge is 2.18. The van der Waals surface area contributed by atoms with Crippen LogP contribution in [0.4, 0.5) is 16.3 Å². The van der Waals surface area contributed by atoms with E-state index in [1.165, 1.54) is 0 Å². The summed E-state index contributed by atoms with van der Waals surface area (Å²) in [6.07, 6.45) is 2.82. The van der Waals surface area contributed by atoms with Gasteiger partial charge >= 0.3 is 6.03 Å². The molecule has 0 aliphatic carbocycles. The van der Waals surface area contributed by atoms with Crippen LogP contribution in [0, 0.1) is 0 Å². The van der Waals surface area contributed by atoms with Crippen LogP contribution < -0.4 is 15.4 Å². The van der Waals surface area contributed by atoms with Gasteiger partial charge in [-0.05, 0) is 49.9 Å². The van der Waals surface area contributed by atoms with Crippen molar-refractivity contribution in [2.75, 3.05) is 57.0 Å². The van der Waals surface area contributed by atoms with Crippen LogP contribution in [-0.4, -0.2) is 82.0 Å². The van der Waals surface area contributed by atoms with Crippen LogP contribution in [0.1, 0.15) is 32.9 Å². The first kappa shape index (κ1) is 26.7. The van der Waals surface area contributed by atoms with Gasteiger partial charge in [-0.1, -0.05) is 20.8 Å². The van der Waals surface area contributed by atoms with Crippen molar-refractivity contribution in [3.05, 3.63) is 60.6 Å². The van der Waals surface area contributed by atoms with Gasteiger partial charge < -0.3 is 19.9 Å². The Morgan fingerprint density at radius 1 is 1.03 bits per heavy atom. The zero-order valence-electron chi connectivity index (χ0n) is 23.2. The molecule has 1 aliphatic heterocycles. The number of nitrogens with zero attached hydrogens (tertiary/aromatic N) is 5. The molecule has 1 fully saturated rings. The van der Waals surface area contributed by atoms with Crippen molar-refractivity contribution in [1.82, 2.24) is 29.5 Å². The first-order chi connectivity index (χ1) is 18.7. The number of nitrogens with one attached hydrogen (secondary N) is 3. The maximum Gasteiger partial charge on any atom is 0.324 e. The molecular formula is C29H38N8O2. The summed E-state index contributed by atoms with van der Waals surface area (Å²) in [5.74, 6) is 1.39. The van der Waals surface area contributed by atoms with Crippen molar-refractivity contribution in [2.45, 2.75) is 32.6 Å². The Hall–Kier alpha value is -3.89. The highest BCUT2D eigenvalue weighted by Crippen LogP contribution is 2.25. The lowest BCUT2D eigenvalue weighted by molar-refractivity contribution is 0.145. The predicted molar refractivity (Wildman–Crippen MR) is 155 cm³/mol. The van der Waals surface area contributed by atoms with E-state index in [2.05, 4.69) is 63.4 Å². The number of amides is 2. The van der Waals surface area contributed by atoms with Crippen LogP contribution in [0.15, 0.2) is 54.9 Å². The number of aromatic amines is 1. The molecule has 39 heavy (non-hydrogen) atoms. The maximum absolute atomic E-state index is 12.4. The van der Waals surface area contributed by atoms with Gasteiger partial charge in [-0.15, -0.1) is 0 Å². The first-order valence-electron chi connectivity index (χ1n) is 13.5. The zero-order valence-corrected chi connectivity index (χ0v) is 23.2. The molecule has 0 atom stereocenters. The third-order valence-electron chi connectivity index (χ3n) is 7.00. The van der Waals surface area contributed by atoms with Gasteiger partial charge in [-0.3, -0.25) is 15.0 Å². The Bertz CT molecular complexity index is 1390. The highest BCUT2D eigenvalue weighted by atomic mass is 16.5. The number of H-pyrrole nitrogens is 1. The van der Waals surface area contributed by atoms with Gasteiger partial charge in [-0.25, -0.2) is 9.78 Å². The van der Waals surface area contributed by atoms with Crippen molar-refractivity contribution < 1.29 is 9.53 Å². The van der Waals surface area contributed by atoms with E-state index >= 15 is 0 Å². The van der Waals surface area contributed by atoms with Crippen molar-refractivity contribution in [1.29, 1.82) is 0 Å². The Morgan fingerprint density at radius 3 is 2.51 bits per heavy atom. The fourth-order valence-electron chi connectivity index (χ4n) is 4.60. The smallest absolute Gasteiger partial charge is 0.324 e. The van der Waals surface area contributed by atoms with Crippen LogP contribution in [0.2, 0.25) is 0 Å². The van der Waals surface area contributed by atoms with Gasteiger partial charge in [0.2, 0.25) is 0 Å². The molecule has 0 spiro atoms. The number of imidazole rings is 1. The van der Waals surface area contributed by atoms with E-state index in [1.54, 1.807) is 0 Å². The van der Waals surface area contributed by atoms with E-state index in [0.29, 0.717) is 18.1 Å². The lowest BCUT2D eigenvalue weighted by Gasteiger charge is -2.32. The number of benzene rings is 2. The van der Waals surface area contributed by atoms with Crippen molar-refractivity contribution in [3.8, 4) is 11.4 Å². The number of carbonyl (C=O) groups excluding carboxylic acids is 1. The number of hydrogen-bond donors (Lipinski definition) is 3. The summed E-state index contributed by atoms with van der Waals surface area (Å²) in [6.45, 7) is 12.5. The third kappa shape index (κ3) is 6.76. The minimum Gasteiger partial charge on any atom is -0.493 e. The number of piperazine rings is 1. The molecule has 1 saturated heterocycles. The Balaban J connectivity index is 1.14. The molecule has 4 aromatic rings. The van der Waals surface area contributed by atoms with Crippen LogP contribution >= 0.6 is 0 Å². The van der Waals surface area contributed by atoms with Crippen molar-refractivity contribution >= 4 is 28.6 Å². The normalized spacial score (nSPS) is 15.0.